The van der Waals surface area contributed by atoms with E-state index in [9.17, 15) is 19.1 Å². The molecule has 0 bridgehead atoms. The second kappa shape index (κ2) is 8.04. The zero-order chi connectivity index (χ0) is 19.7. The summed E-state index contributed by atoms with van der Waals surface area (Å²) in [6.07, 6.45) is 1.55. The van der Waals surface area contributed by atoms with E-state index in [0.717, 1.165) is 16.7 Å². The van der Waals surface area contributed by atoms with Gasteiger partial charge in [-0.05, 0) is 79.0 Å². The first kappa shape index (κ1) is 19.9. The number of methoxy groups -OCH3 is 1. The number of amides is 2. The number of aromatic hydroxyl groups is 1. The number of halogens is 3. The van der Waals surface area contributed by atoms with Crippen LogP contribution in [0.2, 0.25) is 0 Å². The van der Waals surface area contributed by atoms with E-state index in [1.165, 1.54) is 31.4 Å². The van der Waals surface area contributed by atoms with Gasteiger partial charge in [-0.3, -0.25) is 14.5 Å². The van der Waals surface area contributed by atoms with E-state index in [1.807, 2.05) is 0 Å². The van der Waals surface area contributed by atoms with Gasteiger partial charge in [0.15, 0.2) is 11.5 Å². The van der Waals surface area contributed by atoms with Crippen molar-refractivity contribution in [2.24, 2.45) is 0 Å². The molecular formula is C18H12Br2FNO4S. The molecule has 140 valence electrons. The molecule has 0 aromatic heterocycles. The van der Waals surface area contributed by atoms with Crippen molar-refractivity contribution in [2.45, 2.75) is 6.54 Å². The fraction of sp³-hybridized carbons (Fsp3) is 0.111. The van der Waals surface area contributed by atoms with Crippen LogP contribution in [-0.4, -0.2) is 28.3 Å². The molecule has 1 saturated heterocycles. The molecule has 2 aromatic rings. The molecule has 1 heterocycles. The number of hydrogen-bond donors (Lipinski definition) is 1. The summed E-state index contributed by atoms with van der Waals surface area (Å²) in [7, 11) is 1.41. The highest BCUT2D eigenvalue weighted by Crippen LogP contribution is 2.43. The molecule has 3 rings (SSSR count). The van der Waals surface area contributed by atoms with E-state index in [-0.39, 0.29) is 28.8 Å². The number of thioether (sulfide) groups is 1. The quantitative estimate of drug-likeness (QED) is 0.558. The molecular weight excluding hydrogens is 505 g/mol. The lowest BCUT2D eigenvalue weighted by Gasteiger charge is -2.12. The molecule has 0 radical (unpaired) electrons. The SMILES string of the molecule is COc1cc(/C=C2\SC(=O)N(Cc3ccc(F)cc3)C2=O)c(Br)c(Br)c1O. The lowest BCUT2D eigenvalue weighted by Crippen LogP contribution is -2.27. The summed E-state index contributed by atoms with van der Waals surface area (Å²) in [5, 5.41) is 9.59. The van der Waals surface area contributed by atoms with Crippen LogP contribution in [0.25, 0.3) is 6.08 Å². The van der Waals surface area contributed by atoms with Gasteiger partial charge in [0.05, 0.1) is 23.0 Å². The highest BCUT2D eigenvalue weighted by Gasteiger charge is 2.35. The number of hydrogen-bond acceptors (Lipinski definition) is 5. The summed E-state index contributed by atoms with van der Waals surface area (Å²) in [5.74, 6) is -0.679. The van der Waals surface area contributed by atoms with Crippen molar-refractivity contribution in [1.29, 1.82) is 0 Å². The number of ether oxygens (including phenoxy) is 1. The predicted octanol–water partition coefficient (Wildman–Crippen LogP) is 5.30. The van der Waals surface area contributed by atoms with Gasteiger partial charge >= 0.3 is 0 Å². The van der Waals surface area contributed by atoms with Crippen LogP contribution < -0.4 is 4.74 Å². The van der Waals surface area contributed by atoms with E-state index >= 15 is 0 Å². The molecule has 5 nitrogen and oxygen atoms in total. The van der Waals surface area contributed by atoms with E-state index in [1.54, 1.807) is 12.1 Å². The van der Waals surface area contributed by atoms with Crippen molar-refractivity contribution in [3.63, 3.8) is 0 Å². The molecule has 1 N–H and O–H groups in total. The van der Waals surface area contributed by atoms with Crippen LogP contribution >= 0.6 is 43.6 Å². The molecule has 27 heavy (non-hydrogen) atoms. The monoisotopic (exact) mass is 515 g/mol. The summed E-state index contributed by atoms with van der Waals surface area (Å²) in [4.78, 5) is 26.2. The minimum absolute atomic E-state index is 0.0616. The van der Waals surface area contributed by atoms with Crippen molar-refractivity contribution >= 4 is 60.8 Å². The topological polar surface area (TPSA) is 66.8 Å². The zero-order valence-corrected chi connectivity index (χ0v) is 17.8. The van der Waals surface area contributed by atoms with E-state index in [4.69, 9.17) is 4.74 Å². The Labute approximate surface area is 175 Å². The number of nitrogens with zero attached hydrogens (tertiary/aromatic N) is 1. The molecule has 0 spiro atoms. The lowest BCUT2D eigenvalue weighted by molar-refractivity contribution is -0.123. The molecule has 0 aliphatic carbocycles. The van der Waals surface area contributed by atoms with Gasteiger partial charge < -0.3 is 9.84 Å². The second-order valence-electron chi connectivity index (χ2n) is 5.54. The first-order valence-electron chi connectivity index (χ1n) is 7.56. The van der Waals surface area contributed by atoms with Gasteiger partial charge in [0.1, 0.15) is 5.82 Å². The van der Waals surface area contributed by atoms with E-state index in [0.29, 0.717) is 20.1 Å². The standard InChI is InChI=1S/C18H12Br2FNO4S/c1-26-12-6-10(14(19)15(20)16(12)23)7-13-17(24)22(18(25)27-13)8-9-2-4-11(21)5-3-9/h2-7,23H,8H2,1H3/b13-7-. The molecule has 1 aliphatic heterocycles. The van der Waals surface area contributed by atoms with Gasteiger partial charge in [0.25, 0.3) is 11.1 Å². The Kier molecular flexibility index (Phi) is 5.92. The van der Waals surface area contributed by atoms with E-state index in [2.05, 4.69) is 31.9 Å². The number of carbonyl (C=O) groups excluding carboxylic acids is 2. The summed E-state index contributed by atoms with van der Waals surface area (Å²) in [5.41, 5.74) is 1.21. The number of carbonyl (C=O) groups is 2. The second-order valence-corrected chi connectivity index (χ2v) is 8.12. The normalized spacial score (nSPS) is 15.7. The van der Waals surface area contributed by atoms with Gasteiger partial charge in [-0.15, -0.1) is 0 Å². The average Bonchev–Trinajstić information content (AvgIpc) is 2.91. The van der Waals surface area contributed by atoms with Gasteiger partial charge in [0, 0.05) is 4.47 Å². The third kappa shape index (κ3) is 4.04. The molecule has 2 aromatic carbocycles. The Hall–Kier alpha value is -1.84. The number of phenols is 1. The van der Waals surface area contributed by atoms with Crippen LogP contribution in [0.4, 0.5) is 9.18 Å². The van der Waals surface area contributed by atoms with Crippen LogP contribution in [0.1, 0.15) is 11.1 Å². The first-order chi connectivity index (χ1) is 12.8. The Morgan fingerprint density at radius 3 is 2.52 bits per heavy atom. The van der Waals surface area contributed by atoms with Crippen molar-refractivity contribution < 1.29 is 23.8 Å². The van der Waals surface area contributed by atoms with Crippen molar-refractivity contribution in [2.75, 3.05) is 7.11 Å². The van der Waals surface area contributed by atoms with E-state index < -0.39 is 11.1 Å². The van der Waals surface area contributed by atoms with Gasteiger partial charge in [-0.1, -0.05) is 12.1 Å². The lowest BCUT2D eigenvalue weighted by atomic mass is 10.1. The molecule has 9 heteroatoms. The van der Waals surface area contributed by atoms with Gasteiger partial charge in [-0.2, -0.15) is 0 Å². The summed E-state index contributed by atoms with van der Waals surface area (Å²) in [6, 6.07) is 7.17. The van der Waals surface area contributed by atoms with Crippen LogP contribution in [0.15, 0.2) is 44.2 Å². The maximum absolute atomic E-state index is 13.0. The number of phenolic OH excluding ortho intramolecular Hbond substituents is 1. The van der Waals surface area contributed by atoms with Crippen LogP contribution in [0.5, 0.6) is 11.5 Å². The maximum atomic E-state index is 13.0. The summed E-state index contributed by atoms with van der Waals surface area (Å²) >= 11 is 7.42. The number of benzene rings is 2. The molecule has 0 unspecified atom stereocenters. The Bertz CT molecular complexity index is 963. The minimum Gasteiger partial charge on any atom is -0.503 e. The molecule has 1 aliphatic rings. The summed E-state index contributed by atoms with van der Waals surface area (Å²) < 4.78 is 19.0. The van der Waals surface area contributed by atoms with Crippen LogP contribution in [0.3, 0.4) is 0 Å². The van der Waals surface area contributed by atoms with Crippen molar-refractivity contribution in [3.05, 3.63) is 61.1 Å². The van der Waals surface area contributed by atoms with Gasteiger partial charge in [-0.25, -0.2) is 4.39 Å². The zero-order valence-electron chi connectivity index (χ0n) is 13.8. The third-order valence-electron chi connectivity index (χ3n) is 3.81. The average molecular weight is 517 g/mol. The fourth-order valence-corrected chi connectivity index (χ4v) is 4.09. The highest BCUT2D eigenvalue weighted by molar-refractivity contribution is 9.13. The van der Waals surface area contributed by atoms with Crippen LogP contribution in [0, 0.1) is 5.82 Å². The molecule has 1 fully saturated rings. The minimum atomic E-state index is -0.440. The van der Waals surface area contributed by atoms with Gasteiger partial charge in [0.2, 0.25) is 0 Å². The fourth-order valence-electron chi connectivity index (χ4n) is 2.42. The van der Waals surface area contributed by atoms with Crippen molar-refractivity contribution in [1.82, 2.24) is 4.90 Å². The van der Waals surface area contributed by atoms with Crippen molar-refractivity contribution in [3.8, 4) is 11.5 Å². The Morgan fingerprint density at radius 1 is 1.22 bits per heavy atom. The van der Waals surface area contributed by atoms with Crippen LogP contribution in [-0.2, 0) is 11.3 Å². The predicted molar refractivity (Wildman–Crippen MR) is 108 cm³/mol. The highest BCUT2D eigenvalue weighted by atomic mass is 79.9. The number of imide groups is 1. The smallest absolute Gasteiger partial charge is 0.293 e. The molecule has 2 amide bonds. The Balaban J connectivity index is 1.90. The maximum Gasteiger partial charge on any atom is 0.293 e. The Morgan fingerprint density at radius 2 is 1.89 bits per heavy atom. The molecule has 0 saturated carbocycles. The number of rotatable bonds is 4. The first-order valence-corrected chi connectivity index (χ1v) is 9.96. The molecule has 0 atom stereocenters. The summed E-state index contributed by atoms with van der Waals surface area (Å²) in [6.45, 7) is 0.0616. The third-order valence-corrected chi connectivity index (χ3v) is 6.87. The largest absolute Gasteiger partial charge is 0.503 e.